The Hall–Kier alpha value is -2.03. The molecule has 3 nitrogen and oxygen atoms in total. The third-order valence-electron chi connectivity index (χ3n) is 2.67. The highest BCUT2D eigenvalue weighted by atomic mass is 16.5. The van der Waals surface area contributed by atoms with Gasteiger partial charge in [-0.25, -0.2) is 0 Å². The standard InChI is InChI=1S/C16H20N2O/c1-12(2)19-16-8-6-14(7-9-16)18-11-15-5-4-13(3)10-17-15/h4-10,12,18H,11H2,1-3H3. The summed E-state index contributed by atoms with van der Waals surface area (Å²) in [5, 5.41) is 3.34. The zero-order valence-corrected chi connectivity index (χ0v) is 11.7. The quantitative estimate of drug-likeness (QED) is 0.883. The SMILES string of the molecule is Cc1ccc(CNc2ccc(OC(C)C)cc2)nc1. The fourth-order valence-electron chi connectivity index (χ4n) is 1.72. The summed E-state index contributed by atoms with van der Waals surface area (Å²) in [6, 6.07) is 12.1. The van der Waals surface area contributed by atoms with Gasteiger partial charge in [-0.1, -0.05) is 6.07 Å². The Kier molecular flexibility index (Phi) is 4.39. The Morgan fingerprint density at radius 2 is 1.84 bits per heavy atom. The molecule has 1 aromatic carbocycles. The van der Waals surface area contributed by atoms with E-state index in [9.17, 15) is 0 Å². The predicted molar refractivity (Wildman–Crippen MR) is 78.5 cm³/mol. The van der Waals surface area contributed by atoms with E-state index in [1.165, 1.54) is 5.56 Å². The molecular formula is C16H20N2O. The number of anilines is 1. The number of pyridine rings is 1. The summed E-state index contributed by atoms with van der Waals surface area (Å²) in [5.74, 6) is 0.897. The Balaban J connectivity index is 1.91. The third-order valence-corrected chi connectivity index (χ3v) is 2.67. The van der Waals surface area contributed by atoms with Gasteiger partial charge in [-0.15, -0.1) is 0 Å². The number of ether oxygens (including phenoxy) is 1. The van der Waals surface area contributed by atoms with Crippen molar-refractivity contribution in [1.82, 2.24) is 4.98 Å². The van der Waals surface area contributed by atoms with E-state index < -0.39 is 0 Å². The van der Waals surface area contributed by atoms with Crippen LogP contribution in [-0.2, 0) is 6.54 Å². The van der Waals surface area contributed by atoms with Gasteiger partial charge in [0.15, 0.2) is 0 Å². The Labute approximate surface area is 114 Å². The first-order valence-corrected chi connectivity index (χ1v) is 6.55. The smallest absolute Gasteiger partial charge is 0.119 e. The molecule has 0 fully saturated rings. The van der Waals surface area contributed by atoms with E-state index in [1.807, 2.05) is 57.3 Å². The van der Waals surface area contributed by atoms with Gasteiger partial charge in [-0.3, -0.25) is 4.98 Å². The number of hydrogen-bond acceptors (Lipinski definition) is 3. The molecule has 0 radical (unpaired) electrons. The zero-order valence-electron chi connectivity index (χ0n) is 11.7. The monoisotopic (exact) mass is 256 g/mol. The van der Waals surface area contributed by atoms with E-state index in [1.54, 1.807) is 0 Å². The number of hydrogen-bond donors (Lipinski definition) is 1. The Morgan fingerprint density at radius 1 is 1.11 bits per heavy atom. The van der Waals surface area contributed by atoms with Crippen LogP contribution in [0.2, 0.25) is 0 Å². The second kappa shape index (κ2) is 6.23. The van der Waals surface area contributed by atoms with Gasteiger partial charge in [0.05, 0.1) is 18.3 Å². The van der Waals surface area contributed by atoms with Gasteiger partial charge in [0.25, 0.3) is 0 Å². The summed E-state index contributed by atoms with van der Waals surface area (Å²) in [4.78, 5) is 4.36. The summed E-state index contributed by atoms with van der Waals surface area (Å²) in [7, 11) is 0. The van der Waals surface area contributed by atoms with Crippen LogP contribution in [0.1, 0.15) is 25.1 Å². The molecule has 1 N–H and O–H groups in total. The van der Waals surface area contributed by atoms with Gasteiger partial charge in [-0.2, -0.15) is 0 Å². The maximum Gasteiger partial charge on any atom is 0.119 e. The second-order valence-corrected chi connectivity index (χ2v) is 4.87. The summed E-state index contributed by atoms with van der Waals surface area (Å²) in [6.07, 6.45) is 2.09. The van der Waals surface area contributed by atoms with Gasteiger partial charge in [-0.05, 0) is 56.7 Å². The van der Waals surface area contributed by atoms with Crippen molar-refractivity contribution < 1.29 is 4.74 Å². The molecule has 0 bridgehead atoms. The number of aromatic nitrogens is 1. The summed E-state index contributed by atoms with van der Waals surface area (Å²) < 4.78 is 5.60. The number of benzene rings is 1. The molecule has 0 saturated carbocycles. The molecule has 0 aliphatic rings. The lowest BCUT2D eigenvalue weighted by atomic mass is 10.2. The van der Waals surface area contributed by atoms with Crippen molar-refractivity contribution in [3.63, 3.8) is 0 Å². The molecule has 1 heterocycles. The molecule has 3 heteroatoms. The van der Waals surface area contributed by atoms with Crippen LogP contribution in [-0.4, -0.2) is 11.1 Å². The van der Waals surface area contributed by atoms with Crippen molar-refractivity contribution in [2.75, 3.05) is 5.32 Å². The molecule has 19 heavy (non-hydrogen) atoms. The van der Waals surface area contributed by atoms with Crippen LogP contribution in [0.15, 0.2) is 42.6 Å². The average Bonchev–Trinajstić information content (AvgIpc) is 2.39. The van der Waals surface area contributed by atoms with Crippen LogP contribution in [0.5, 0.6) is 5.75 Å². The number of nitrogens with zero attached hydrogens (tertiary/aromatic N) is 1. The molecule has 0 aliphatic heterocycles. The first-order valence-electron chi connectivity index (χ1n) is 6.55. The number of nitrogens with one attached hydrogen (secondary N) is 1. The lowest BCUT2D eigenvalue weighted by molar-refractivity contribution is 0.242. The molecule has 0 amide bonds. The minimum Gasteiger partial charge on any atom is -0.491 e. The van der Waals surface area contributed by atoms with E-state index in [4.69, 9.17) is 4.74 Å². The second-order valence-electron chi connectivity index (χ2n) is 4.87. The van der Waals surface area contributed by atoms with E-state index >= 15 is 0 Å². The van der Waals surface area contributed by atoms with Crippen LogP contribution in [0.3, 0.4) is 0 Å². The summed E-state index contributed by atoms with van der Waals surface area (Å²) >= 11 is 0. The number of rotatable bonds is 5. The molecule has 0 saturated heterocycles. The Morgan fingerprint density at radius 3 is 2.42 bits per heavy atom. The molecular weight excluding hydrogens is 236 g/mol. The first kappa shape index (κ1) is 13.4. The van der Waals surface area contributed by atoms with E-state index in [-0.39, 0.29) is 6.10 Å². The predicted octanol–water partition coefficient (Wildman–Crippen LogP) is 3.79. The van der Waals surface area contributed by atoms with Crippen molar-refractivity contribution in [3.05, 3.63) is 53.9 Å². The molecule has 1 aromatic heterocycles. The molecule has 0 atom stereocenters. The maximum absolute atomic E-state index is 5.60. The minimum absolute atomic E-state index is 0.204. The van der Waals surface area contributed by atoms with Crippen LogP contribution < -0.4 is 10.1 Å². The molecule has 0 spiro atoms. The maximum atomic E-state index is 5.60. The fraction of sp³-hybridized carbons (Fsp3) is 0.312. The summed E-state index contributed by atoms with van der Waals surface area (Å²) in [6.45, 7) is 6.81. The molecule has 2 rings (SSSR count). The van der Waals surface area contributed by atoms with Crippen molar-refractivity contribution in [3.8, 4) is 5.75 Å². The first-order chi connectivity index (χ1) is 9.13. The van der Waals surface area contributed by atoms with Gasteiger partial charge in [0, 0.05) is 11.9 Å². The van der Waals surface area contributed by atoms with Crippen LogP contribution in [0.4, 0.5) is 5.69 Å². The van der Waals surface area contributed by atoms with Crippen molar-refractivity contribution in [2.45, 2.75) is 33.4 Å². The van der Waals surface area contributed by atoms with Crippen LogP contribution >= 0.6 is 0 Å². The Bertz CT molecular complexity index is 503. The van der Waals surface area contributed by atoms with Crippen LogP contribution in [0.25, 0.3) is 0 Å². The summed E-state index contributed by atoms with van der Waals surface area (Å²) in [5.41, 5.74) is 3.28. The van der Waals surface area contributed by atoms with Gasteiger partial charge >= 0.3 is 0 Å². The number of aryl methyl sites for hydroxylation is 1. The lowest BCUT2D eigenvalue weighted by Crippen LogP contribution is -2.05. The van der Waals surface area contributed by atoms with E-state index in [0.29, 0.717) is 0 Å². The molecule has 100 valence electrons. The largest absolute Gasteiger partial charge is 0.491 e. The molecule has 2 aromatic rings. The van der Waals surface area contributed by atoms with Gasteiger partial charge < -0.3 is 10.1 Å². The highest BCUT2D eigenvalue weighted by molar-refractivity contribution is 5.46. The normalized spacial score (nSPS) is 10.5. The van der Waals surface area contributed by atoms with Crippen molar-refractivity contribution in [2.24, 2.45) is 0 Å². The highest BCUT2D eigenvalue weighted by Gasteiger charge is 1.99. The van der Waals surface area contributed by atoms with E-state index in [0.717, 1.165) is 23.7 Å². The average molecular weight is 256 g/mol. The third kappa shape index (κ3) is 4.28. The topological polar surface area (TPSA) is 34.1 Å². The van der Waals surface area contributed by atoms with Crippen LogP contribution in [0, 0.1) is 6.92 Å². The lowest BCUT2D eigenvalue weighted by Gasteiger charge is -2.11. The molecule has 0 aliphatic carbocycles. The highest BCUT2D eigenvalue weighted by Crippen LogP contribution is 2.17. The molecule has 0 unspecified atom stereocenters. The van der Waals surface area contributed by atoms with Crippen molar-refractivity contribution >= 4 is 5.69 Å². The van der Waals surface area contributed by atoms with Crippen molar-refractivity contribution in [1.29, 1.82) is 0 Å². The van der Waals surface area contributed by atoms with Gasteiger partial charge in [0.1, 0.15) is 5.75 Å². The minimum atomic E-state index is 0.204. The van der Waals surface area contributed by atoms with Gasteiger partial charge in [0.2, 0.25) is 0 Å². The zero-order chi connectivity index (χ0) is 13.7. The fourth-order valence-corrected chi connectivity index (χ4v) is 1.72. The van der Waals surface area contributed by atoms with E-state index in [2.05, 4.69) is 16.4 Å².